The smallest absolute Gasteiger partial charge is 0.00262 e. The van der Waals surface area contributed by atoms with Gasteiger partial charge in [0, 0.05) is 0 Å². The summed E-state index contributed by atoms with van der Waals surface area (Å²) in [6, 6.07) is 53.3. The summed E-state index contributed by atoms with van der Waals surface area (Å²) >= 11 is 0. The number of fused-ring (bicyclic) bond motifs is 6. The van der Waals surface area contributed by atoms with Crippen LogP contribution in [0.3, 0.4) is 0 Å². The molecule has 0 aliphatic carbocycles. The maximum absolute atomic E-state index is 2.38. The van der Waals surface area contributed by atoms with Crippen molar-refractivity contribution in [2.24, 2.45) is 0 Å². The lowest BCUT2D eigenvalue weighted by Gasteiger charge is -2.18. The van der Waals surface area contributed by atoms with Crippen LogP contribution in [0.1, 0.15) is 0 Å². The Morgan fingerprint density at radius 1 is 0.237 bits per heavy atom. The second-order valence-electron chi connectivity index (χ2n) is 10.1. The van der Waals surface area contributed by atoms with E-state index >= 15 is 0 Å². The Balaban J connectivity index is 1.44. The largest absolute Gasteiger partial charge is 0.0622 e. The molecule has 176 valence electrons. The van der Waals surface area contributed by atoms with Crippen molar-refractivity contribution >= 4 is 53.9 Å². The molecule has 0 N–H and O–H groups in total. The summed E-state index contributed by atoms with van der Waals surface area (Å²) in [4.78, 5) is 0. The van der Waals surface area contributed by atoms with Crippen molar-refractivity contribution < 1.29 is 0 Å². The van der Waals surface area contributed by atoms with Crippen LogP contribution in [0.4, 0.5) is 0 Å². The van der Waals surface area contributed by atoms with Gasteiger partial charge in [0.1, 0.15) is 0 Å². The topological polar surface area (TPSA) is 0 Å². The molecule has 0 unspecified atom stereocenters. The van der Waals surface area contributed by atoms with Gasteiger partial charge in [-0.1, -0.05) is 127 Å². The Hall–Kier alpha value is -4.94. The van der Waals surface area contributed by atoms with E-state index in [0.717, 1.165) is 0 Å². The fourth-order valence-corrected chi connectivity index (χ4v) is 6.27. The lowest BCUT2D eigenvalue weighted by atomic mass is 9.85. The molecule has 0 heterocycles. The SMILES string of the molecule is c1ccc(-c2c3ccccc3c(-c3ccc4c(ccc5cc6ccccc6cc54)c3)c3ccccc23)cc1. The molecule has 0 saturated heterocycles. The molecule has 8 aromatic carbocycles. The van der Waals surface area contributed by atoms with Crippen molar-refractivity contribution in [1.82, 2.24) is 0 Å². The molecule has 0 nitrogen and oxygen atoms in total. The molecule has 0 aliphatic rings. The van der Waals surface area contributed by atoms with Gasteiger partial charge >= 0.3 is 0 Å². The zero-order valence-corrected chi connectivity index (χ0v) is 20.9. The maximum atomic E-state index is 2.38. The van der Waals surface area contributed by atoms with Crippen LogP contribution in [0.15, 0.2) is 146 Å². The summed E-state index contributed by atoms with van der Waals surface area (Å²) in [5.74, 6) is 0. The highest BCUT2D eigenvalue weighted by molar-refractivity contribution is 6.22. The second kappa shape index (κ2) is 8.30. The van der Waals surface area contributed by atoms with Gasteiger partial charge in [-0.25, -0.2) is 0 Å². The first-order valence-electron chi connectivity index (χ1n) is 13.2. The molecule has 8 aromatic rings. The Bertz CT molecular complexity index is 2110. The van der Waals surface area contributed by atoms with Gasteiger partial charge in [-0.3, -0.25) is 0 Å². The van der Waals surface area contributed by atoms with Crippen LogP contribution in [0.25, 0.3) is 76.1 Å². The van der Waals surface area contributed by atoms with Crippen LogP contribution < -0.4 is 0 Å². The Kier molecular flexibility index (Phi) is 4.62. The molecule has 0 fully saturated rings. The van der Waals surface area contributed by atoms with Crippen LogP contribution in [-0.2, 0) is 0 Å². The van der Waals surface area contributed by atoms with Crippen molar-refractivity contribution in [1.29, 1.82) is 0 Å². The third-order valence-corrected chi connectivity index (χ3v) is 7.98. The lowest BCUT2D eigenvalue weighted by molar-refractivity contribution is 1.66. The van der Waals surface area contributed by atoms with Gasteiger partial charge in [0.25, 0.3) is 0 Å². The molecule has 0 heteroatoms. The van der Waals surface area contributed by atoms with E-state index in [-0.39, 0.29) is 0 Å². The van der Waals surface area contributed by atoms with Gasteiger partial charge < -0.3 is 0 Å². The Labute approximate surface area is 221 Å². The quantitative estimate of drug-likeness (QED) is 0.170. The first kappa shape index (κ1) is 21.2. The minimum absolute atomic E-state index is 1.25. The second-order valence-corrected chi connectivity index (χ2v) is 10.1. The summed E-state index contributed by atoms with van der Waals surface area (Å²) < 4.78 is 0. The molecule has 0 aromatic heterocycles. The first-order chi connectivity index (χ1) is 18.8. The molecule has 0 amide bonds. The summed E-state index contributed by atoms with van der Waals surface area (Å²) in [7, 11) is 0. The van der Waals surface area contributed by atoms with Crippen molar-refractivity contribution in [2.45, 2.75) is 0 Å². The number of hydrogen-bond acceptors (Lipinski definition) is 0. The Morgan fingerprint density at radius 3 is 1.37 bits per heavy atom. The highest BCUT2D eigenvalue weighted by atomic mass is 14.2. The van der Waals surface area contributed by atoms with Crippen molar-refractivity contribution in [2.75, 3.05) is 0 Å². The van der Waals surface area contributed by atoms with Crippen LogP contribution in [0, 0.1) is 0 Å². The van der Waals surface area contributed by atoms with E-state index in [1.165, 1.54) is 76.1 Å². The van der Waals surface area contributed by atoms with E-state index in [2.05, 4.69) is 146 Å². The third kappa shape index (κ3) is 3.17. The van der Waals surface area contributed by atoms with E-state index in [1.54, 1.807) is 0 Å². The van der Waals surface area contributed by atoms with Crippen LogP contribution in [0.2, 0.25) is 0 Å². The van der Waals surface area contributed by atoms with E-state index < -0.39 is 0 Å². The monoisotopic (exact) mass is 480 g/mol. The number of benzene rings is 8. The highest BCUT2D eigenvalue weighted by Gasteiger charge is 2.16. The fraction of sp³-hybridized carbons (Fsp3) is 0. The van der Waals surface area contributed by atoms with E-state index in [4.69, 9.17) is 0 Å². The van der Waals surface area contributed by atoms with Gasteiger partial charge in [0.15, 0.2) is 0 Å². The average molecular weight is 481 g/mol. The molecule has 0 atom stereocenters. The molecule has 38 heavy (non-hydrogen) atoms. The van der Waals surface area contributed by atoms with Crippen LogP contribution in [0.5, 0.6) is 0 Å². The Morgan fingerprint density at radius 2 is 0.737 bits per heavy atom. The zero-order valence-electron chi connectivity index (χ0n) is 20.9. The molecule has 0 radical (unpaired) electrons. The molecule has 8 rings (SSSR count). The van der Waals surface area contributed by atoms with Gasteiger partial charge in [0.05, 0.1) is 0 Å². The van der Waals surface area contributed by atoms with Crippen LogP contribution in [-0.4, -0.2) is 0 Å². The van der Waals surface area contributed by atoms with Gasteiger partial charge in [0.2, 0.25) is 0 Å². The third-order valence-electron chi connectivity index (χ3n) is 7.98. The number of rotatable bonds is 2. The summed E-state index contributed by atoms with van der Waals surface area (Å²) in [6.45, 7) is 0. The van der Waals surface area contributed by atoms with Crippen molar-refractivity contribution in [3.05, 3.63) is 146 Å². The van der Waals surface area contributed by atoms with Crippen LogP contribution >= 0.6 is 0 Å². The summed E-state index contributed by atoms with van der Waals surface area (Å²) in [6.07, 6.45) is 0. The lowest BCUT2D eigenvalue weighted by Crippen LogP contribution is -1.91. The number of hydrogen-bond donors (Lipinski definition) is 0. The molecule has 0 aliphatic heterocycles. The maximum Gasteiger partial charge on any atom is -0.00262 e. The first-order valence-corrected chi connectivity index (χ1v) is 13.2. The minimum atomic E-state index is 1.25. The van der Waals surface area contributed by atoms with E-state index in [9.17, 15) is 0 Å². The molecular formula is C38H24. The molecule has 0 saturated carbocycles. The standard InChI is InChI=1S/C38H24/c1-2-10-25(11-3-1)37-32-14-6-8-16-34(32)38(35-17-9-7-15-33(35)37)30-20-21-31-28(23-30)18-19-29-22-26-12-4-5-13-27(26)24-36(29)31/h1-24H. The predicted octanol–water partition coefficient (Wildman–Crippen LogP) is 10.8. The minimum Gasteiger partial charge on any atom is -0.0622 e. The molecular weight excluding hydrogens is 456 g/mol. The van der Waals surface area contributed by atoms with Gasteiger partial charge in [-0.15, -0.1) is 0 Å². The normalized spacial score (nSPS) is 11.7. The fourth-order valence-electron chi connectivity index (χ4n) is 6.27. The van der Waals surface area contributed by atoms with Gasteiger partial charge in [-0.2, -0.15) is 0 Å². The summed E-state index contributed by atoms with van der Waals surface area (Å²) in [5.41, 5.74) is 5.11. The van der Waals surface area contributed by atoms with Crippen molar-refractivity contribution in [3.8, 4) is 22.3 Å². The zero-order chi connectivity index (χ0) is 25.1. The molecule has 0 spiro atoms. The van der Waals surface area contributed by atoms with E-state index in [0.29, 0.717) is 0 Å². The highest BCUT2D eigenvalue weighted by Crippen LogP contribution is 2.44. The summed E-state index contributed by atoms with van der Waals surface area (Å²) in [5, 5.41) is 12.9. The van der Waals surface area contributed by atoms with E-state index in [1.807, 2.05) is 0 Å². The van der Waals surface area contributed by atoms with Crippen molar-refractivity contribution in [3.63, 3.8) is 0 Å². The van der Waals surface area contributed by atoms with Gasteiger partial charge in [-0.05, 0) is 94.3 Å². The predicted molar refractivity (Wildman–Crippen MR) is 165 cm³/mol. The average Bonchev–Trinajstić information content (AvgIpc) is 2.99. The molecule has 0 bridgehead atoms.